The van der Waals surface area contributed by atoms with Crippen LogP contribution in [0.15, 0.2) is 48.5 Å². The van der Waals surface area contributed by atoms with Crippen LogP contribution in [0.5, 0.6) is 5.75 Å². The van der Waals surface area contributed by atoms with Crippen LogP contribution in [0, 0.1) is 0 Å². The van der Waals surface area contributed by atoms with E-state index in [2.05, 4.69) is 24.5 Å². The Bertz CT molecular complexity index is 594. The molecule has 0 saturated heterocycles. The summed E-state index contributed by atoms with van der Waals surface area (Å²) < 4.78 is 5.73. The number of nitrogens with one attached hydrogen (secondary N) is 1. The van der Waals surface area contributed by atoms with Crippen molar-refractivity contribution in [3.63, 3.8) is 0 Å². The molecule has 0 radical (unpaired) electrons. The van der Waals surface area contributed by atoms with Gasteiger partial charge in [0, 0.05) is 5.56 Å². The monoisotopic (exact) mass is 284 g/mol. The van der Waals surface area contributed by atoms with E-state index < -0.39 is 0 Å². The molecule has 21 heavy (non-hydrogen) atoms. The number of amides is 1. The van der Waals surface area contributed by atoms with Gasteiger partial charge in [0.15, 0.2) is 0 Å². The van der Waals surface area contributed by atoms with Gasteiger partial charge in [-0.25, -0.2) is 5.84 Å². The van der Waals surface area contributed by atoms with Crippen LogP contribution in [0.1, 0.15) is 34.8 Å². The van der Waals surface area contributed by atoms with Crippen molar-refractivity contribution in [2.24, 2.45) is 5.84 Å². The number of hydrogen-bond acceptors (Lipinski definition) is 3. The molecule has 0 heterocycles. The number of carbonyl (C=O) groups is 1. The predicted octanol–water partition coefficient (Wildman–Crippen LogP) is 2.82. The Kier molecular flexibility index (Phi) is 5.35. The second-order valence-corrected chi connectivity index (χ2v) is 4.86. The second kappa shape index (κ2) is 7.45. The molecule has 4 heteroatoms. The van der Waals surface area contributed by atoms with Gasteiger partial charge in [-0.2, -0.15) is 0 Å². The predicted molar refractivity (Wildman–Crippen MR) is 82.9 cm³/mol. The van der Waals surface area contributed by atoms with Crippen LogP contribution in [-0.4, -0.2) is 5.91 Å². The van der Waals surface area contributed by atoms with E-state index in [1.54, 1.807) is 12.1 Å². The highest BCUT2D eigenvalue weighted by atomic mass is 16.5. The van der Waals surface area contributed by atoms with E-state index in [4.69, 9.17) is 10.6 Å². The van der Waals surface area contributed by atoms with Crippen molar-refractivity contribution in [3.05, 3.63) is 65.2 Å². The first-order chi connectivity index (χ1) is 10.2. The molecule has 2 aromatic rings. The van der Waals surface area contributed by atoms with Gasteiger partial charge >= 0.3 is 0 Å². The summed E-state index contributed by atoms with van der Waals surface area (Å²) in [5.41, 5.74) is 4.88. The summed E-state index contributed by atoms with van der Waals surface area (Å²) >= 11 is 0. The van der Waals surface area contributed by atoms with Crippen molar-refractivity contribution < 1.29 is 9.53 Å². The topological polar surface area (TPSA) is 64.3 Å². The van der Waals surface area contributed by atoms with E-state index in [0.717, 1.165) is 24.2 Å². The van der Waals surface area contributed by atoms with Crippen molar-refractivity contribution >= 4 is 5.91 Å². The summed E-state index contributed by atoms with van der Waals surface area (Å²) in [6.07, 6.45) is 2.22. The molecule has 1 amide bonds. The third-order valence-electron chi connectivity index (χ3n) is 3.19. The Morgan fingerprint density at radius 3 is 2.57 bits per heavy atom. The van der Waals surface area contributed by atoms with Crippen LogP contribution < -0.4 is 16.0 Å². The zero-order valence-corrected chi connectivity index (χ0v) is 12.1. The van der Waals surface area contributed by atoms with Gasteiger partial charge in [-0.1, -0.05) is 37.6 Å². The Morgan fingerprint density at radius 2 is 1.90 bits per heavy atom. The first kappa shape index (κ1) is 15.1. The highest BCUT2D eigenvalue weighted by Crippen LogP contribution is 2.15. The van der Waals surface area contributed by atoms with Crippen LogP contribution in [0.4, 0.5) is 0 Å². The minimum atomic E-state index is -0.305. The SMILES string of the molecule is CCCc1ccc(OCc2cccc(C(=O)NN)c2)cc1. The van der Waals surface area contributed by atoms with Gasteiger partial charge in [0.25, 0.3) is 5.91 Å². The maximum absolute atomic E-state index is 11.5. The highest BCUT2D eigenvalue weighted by molar-refractivity contribution is 5.93. The standard InChI is InChI=1S/C17H20N2O2/c1-2-4-13-7-9-16(10-8-13)21-12-14-5-3-6-15(11-14)17(20)19-18/h3,5-11H,2,4,12,18H2,1H3,(H,19,20). The van der Waals surface area contributed by atoms with Crippen molar-refractivity contribution in [2.45, 2.75) is 26.4 Å². The molecule has 110 valence electrons. The van der Waals surface area contributed by atoms with Gasteiger partial charge in [-0.3, -0.25) is 10.2 Å². The summed E-state index contributed by atoms with van der Waals surface area (Å²) in [5, 5.41) is 0. The average Bonchev–Trinajstić information content (AvgIpc) is 2.54. The molecule has 4 nitrogen and oxygen atoms in total. The molecule has 0 aliphatic rings. The van der Waals surface area contributed by atoms with Crippen molar-refractivity contribution in [1.82, 2.24) is 5.43 Å². The van der Waals surface area contributed by atoms with Crippen LogP contribution in [0.25, 0.3) is 0 Å². The van der Waals surface area contributed by atoms with E-state index in [0.29, 0.717) is 12.2 Å². The average molecular weight is 284 g/mol. The lowest BCUT2D eigenvalue weighted by atomic mass is 10.1. The molecular formula is C17H20N2O2. The Hall–Kier alpha value is -2.33. The Morgan fingerprint density at radius 1 is 1.14 bits per heavy atom. The molecular weight excluding hydrogens is 264 g/mol. The lowest BCUT2D eigenvalue weighted by Gasteiger charge is -2.08. The lowest BCUT2D eigenvalue weighted by Crippen LogP contribution is -2.30. The highest BCUT2D eigenvalue weighted by Gasteiger charge is 2.04. The number of benzene rings is 2. The Labute approximate surface area is 124 Å². The number of ether oxygens (including phenoxy) is 1. The molecule has 0 aliphatic heterocycles. The third kappa shape index (κ3) is 4.33. The summed E-state index contributed by atoms with van der Waals surface area (Å²) in [4.78, 5) is 11.5. The first-order valence-corrected chi connectivity index (χ1v) is 7.04. The zero-order chi connectivity index (χ0) is 15.1. The van der Waals surface area contributed by atoms with Gasteiger partial charge in [0.05, 0.1) is 0 Å². The van der Waals surface area contributed by atoms with Crippen LogP contribution in [0.2, 0.25) is 0 Å². The normalized spacial score (nSPS) is 10.2. The summed E-state index contributed by atoms with van der Waals surface area (Å²) in [6, 6.07) is 15.3. The van der Waals surface area contributed by atoms with Crippen LogP contribution >= 0.6 is 0 Å². The molecule has 0 saturated carbocycles. The molecule has 0 bridgehead atoms. The second-order valence-electron chi connectivity index (χ2n) is 4.86. The number of hydrazine groups is 1. The van der Waals surface area contributed by atoms with Gasteiger partial charge in [-0.05, 0) is 41.8 Å². The summed E-state index contributed by atoms with van der Waals surface area (Å²) in [7, 11) is 0. The largest absolute Gasteiger partial charge is 0.489 e. The van der Waals surface area contributed by atoms with Gasteiger partial charge in [0.2, 0.25) is 0 Å². The molecule has 3 N–H and O–H groups in total. The van der Waals surface area contributed by atoms with Crippen LogP contribution in [0.3, 0.4) is 0 Å². The number of nitrogen functional groups attached to an aromatic ring is 1. The number of nitrogens with two attached hydrogens (primary N) is 1. The summed E-state index contributed by atoms with van der Waals surface area (Å²) in [6.45, 7) is 2.58. The molecule has 2 aromatic carbocycles. The minimum absolute atomic E-state index is 0.305. The Balaban J connectivity index is 1.97. The summed E-state index contributed by atoms with van der Waals surface area (Å²) in [5.74, 6) is 5.64. The fourth-order valence-corrected chi connectivity index (χ4v) is 2.09. The van der Waals surface area contributed by atoms with E-state index in [1.165, 1.54) is 5.56 Å². The molecule has 0 aromatic heterocycles. The zero-order valence-electron chi connectivity index (χ0n) is 12.1. The number of hydrogen-bond donors (Lipinski definition) is 2. The van der Waals surface area contributed by atoms with E-state index in [-0.39, 0.29) is 5.91 Å². The third-order valence-corrected chi connectivity index (χ3v) is 3.19. The molecule has 2 rings (SSSR count). The van der Waals surface area contributed by atoms with E-state index in [1.807, 2.05) is 24.3 Å². The molecule has 0 unspecified atom stereocenters. The van der Waals surface area contributed by atoms with Crippen molar-refractivity contribution in [1.29, 1.82) is 0 Å². The lowest BCUT2D eigenvalue weighted by molar-refractivity contribution is 0.0953. The number of carbonyl (C=O) groups excluding carboxylic acids is 1. The maximum atomic E-state index is 11.5. The minimum Gasteiger partial charge on any atom is -0.489 e. The maximum Gasteiger partial charge on any atom is 0.265 e. The fourth-order valence-electron chi connectivity index (χ4n) is 2.09. The molecule has 0 atom stereocenters. The first-order valence-electron chi connectivity index (χ1n) is 7.04. The van der Waals surface area contributed by atoms with Crippen molar-refractivity contribution in [2.75, 3.05) is 0 Å². The van der Waals surface area contributed by atoms with Crippen molar-refractivity contribution in [3.8, 4) is 5.75 Å². The molecule has 0 fully saturated rings. The van der Waals surface area contributed by atoms with Gasteiger partial charge in [0.1, 0.15) is 12.4 Å². The number of aryl methyl sites for hydroxylation is 1. The van der Waals surface area contributed by atoms with E-state index >= 15 is 0 Å². The van der Waals surface area contributed by atoms with Gasteiger partial charge in [-0.15, -0.1) is 0 Å². The fraction of sp³-hybridized carbons (Fsp3) is 0.235. The number of rotatable bonds is 6. The van der Waals surface area contributed by atoms with Crippen LogP contribution in [-0.2, 0) is 13.0 Å². The quantitative estimate of drug-likeness (QED) is 0.487. The van der Waals surface area contributed by atoms with E-state index in [9.17, 15) is 4.79 Å². The molecule has 0 spiro atoms. The van der Waals surface area contributed by atoms with Gasteiger partial charge < -0.3 is 4.74 Å². The smallest absolute Gasteiger partial charge is 0.265 e. The molecule has 0 aliphatic carbocycles.